The lowest BCUT2D eigenvalue weighted by atomic mass is 10.0. The van der Waals surface area contributed by atoms with Crippen LogP contribution in [0.5, 0.6) is 0 Å². The van der Waals surface area contributed by atoms with E-state index in [4.69, 9.17) is 11.6 Å². The number of halogens is 1. The first-order valence-electron chi connectivity index (χ1n) is 7.55. The van der Waals surface area contributed by atoms with Crippen molar-refractivity contribution in [1.82, 2.24) is 0 Å². The van der Waals surface area contributed by atoms with Gasteiger partial charge in [-0.2, -0.15) is 0 Å². The highest BCUT2D eigenvalue weighted by molar-refractivity contribution is 6.30. The Balaban J connectivity index is 1.99. The molecule has 107 valence electrons. The van der Waals surface area contributed by atoms with Crippen molar-refractivity contribution in [3.63, 3.8) is 0 Å². The van der Waals surface area contributed by atoms with Gasteiger partial charge in [-0.3, -0.25) is 0 Å². The Hall–Kier alpha value is -1.71. The van der Waals surface area contributed by atoms with Crippen LogP contribution >= 0.6 is 11.6 Å². The van der Waals surface area contributed by atoms with E-state index in [-0.39, 0.29) is 0 Å². The number of rotatable bonds is 5. The predicted octanol–water partition coefficient (Wildman–Crippen LogP) is 5.66. The number of hydrogen-bond donors (Lipinski definition) is 0. The number of unbranched alkanes of at least 4 members (excludes halogenated alkanes) is 3. The predicted molar refractivity (Wildman–Crippen MR) is 90.6 cm³/mol. The first-order valence-corrected chi connectivity index (χ1v) is 7.93. The molecule has 0 bridgehead atoms. The Morgan fingerprint density at radius 3 is 2.48 bits per heavy atom. The molecule has 0 aliphatic carbocycles. The van der Waals surface area contributed by atoms with Gasteiger partial charge < -0.3 is 0 Å². The average Bonchev–Trinajstić information content (AvgIpc) is 2.52. The number of hydrogen-bond acceptors (Lipinski definition) is 0. The second kappa shape index (κ2) is 8.55. The van der Waals surface area contributed by atoms with Crippen LogP contribution in [0.15, 0.2) is 42.5 Å². The average molecular weight is 296 g/mol. The van der Waals surface area contributed by atoms with E-state index in [1.807, 2.05) is 30.3 Å². The molecule has 2 rings (SSSR count). The maximum Gasteiger partial charge on any atom is 0.0406 e. The Morgan fingerprint density at radius 1 is 0.952 bits per heavy atom. The van der Waals surface area contributed by atoms with Crippen LogP contribution in [0, 0.1) is 17.9 Å². The summed E-state index contributed by atoms with van der Waals surface area (Å²) in [5, 5.41) is 0.739. The van der Waals surface area contributed by atoms with Gasteiger partial charge in [-0.15, -0.1) is 0 Å². The van der Waals surface area contributed by atoms with Gasteiger partial charge in [-0.05, 0) is 60.9 Å². The van der Waals surface area contributed by atoms with Crippen LogP contribution < -0.4 is 0 Å². The van der Waals surface area contributed by atoms with Gasteiger partial charge in [0.05, 0.1) is 0 Å². The molecule has 0 saturated heterocycles. The molecule has 0 nitrogen and oxygen atoms in total. The molecule has 0 amide bonds. The summed E-state index contributed by atoms with van der Waals surface area (Å²) in [4.78, 5) is 0. The minimum absolute atomic E-state index is 0.739. The van der Waals surface area contributed by atoms with Crippen LogP contribution in [0.2, 0.25) is 5.02 Å². The second-order valence-electron chi connectivity index (χ2n) is 5.20. The molecule has 0 aliphatic heterocycles. The zero-order chi connectivity index (χ0) is 14.9. The first kappa shape index (κ1) is 15.7. The molecule has 1 radical (unpaired) electrons. The molecular weight excluding hydrogens is 276 g/mol. The normalized spacial score (nSPS) is 10.0. The minimum Gasteiger partial charge on any atom is -0.0843 e. The third-order valence-corrected chi connectivity index (χ3v) is 3.61. The zero-order valence-electron chi connectivity index (χ0n) is 12.5. The van der Waals surface area contributed by atoms with Crippen LogP contribution in [0.25, 0.3) is 0 Å². The van der Waals surface area contributed by atoms with E-state index in [1.54, 1.807) is 0 Å². The lowest BCUT2D eigenvalue weighted by molar-refractivity contribution is 0.667. The van der Waals surface area contributed by atoms with E-state index in [1.165, 1.54) is 31.2 Å². The summed E-state index contributed by atoms with van der Waals surface area (Å²) in [6, 6.07) is 17.0. The largest absolute Gasteiger partial charge is 0.0843 e. The van der Waals surface area contributed by atoms with Gasteiger partial charge in [0, 0.05) is 16.1 Å². The lowest BCUT2D eigenvalue weighted by Gasteiger charge is -2.01. The molecule has 0 aliphatic rings. The molecular formula is C20H20Cl. The van der Waals surface area contributed by atoms with Crippen molar-refractivity contribution in [3.05, 3.63) is 70.2 Å². The lowest BCUT2D eigenvalue weighted by Crippen LogP contribution is -1.87. The monoisotopic (exact) mass is 295 g/mol. The fourth-order valence-electron chi connectivity index (χ4n) is 2.17. The van der Waals surface area contributed by atoms with Crippen molar-refractivity contribution in [1.29, 1.82) is 0 Å². The number of aryl methyl sites for hydroxylation is 1. The zero-order valence-corrected chi connectivity index (χ0v) is 13.2. The van der Waals surface area contributed by atoms with E-state index in [2.05, 4.69) is 37.0 Å². The van der Waals surface area contributed by atoms with Gasteiger partial charge in [0.1, 0.15) is 0 Å². The van der Waals surface area contributed by atoms with E-state index < -0.39 is 0 Å². The molecule has 0 atom stereocenters. The van der Waals surface area contributed by atoms with E-state index in [0.717, 1.165) is 22.6 Å². The van der Waals surface area contributed by atoms with Crippen LogP contribution in [0.3, 0.4) is 0 Å². The summed E-state index contributed by atoms with van der Waals surface area (Å²) in [5.74, 6) is 6.36. The van der Waals surface area contributed by atoms with Crippen molar-refractivity contribution in [2.24, 2.45) is 0 Å². The third kappa shape index (κ3) is 5.66. The van der Waals surface area contributed by atoms with Gasteiger partial charge >= 0.3 is 0 Å². The fourth-order valence-corrected chi connectivity index (χ4v) is 2.30. The third-order valence-electron chi connectivity index (χ3n) is 3.36. The van der Waals surface area contributed by atoms with Crippen molar-refractivity contribution in [2.45, 2.75) is 39.0 Å². The maximum absolute atomic E-state index is 5.87. The summed E-state index contributed by atoms with van der Waals surface area (Å²) < 4.78 is 0. The number of benzene rings is 2. The quantitative estimate of drug-likeness (QED) is 0.493. The molecule has 0 heterocycles. The topological polar surface area (TPSA) is 0 Å². The maximum atomic E-state index is 5.87. The van der Waals surface area contributed by atoms with Gasteiger partial charge in [-0.1, -0.05) is 55.7 Å². The summed E-state index contributed by atoms with van der Waals surface area (Å²) in [7, 11) is 0. The molecule has 21 heavy (non-hydrogen) atoms. The molecule has 0 N–H and O–H groups in total. The highest BCUT2D eigenvalue weighted by Crippen LogP contribution is 2.11. The molecule has 0 unspecified atom stereocenters. The molecule has 2 aromatic rings. The molecule has 1 heteroatoms. The fraction of sp³-hybridized carbons (Fsp3) is 0.300. The summed E-state index contributed by atoms with van der Waals surface area (Å²) in [6.07, 6.45) is 6.26. The first-order chi connectivity index (χ1) is 10.3. The van der Waals surface area contributed by atoms with Crippen LogP contribution in [0.4, 0.5) is 0 Å². The second-order valence-corrected chi connectivity index (χ2v) is 5.63. The molecule has 2 aromatic carbocycles. The van der Waals surface area contributed by atoms with Crippen LogP contribution in [-0.4, -0.2) is 0 Å². The van der Waals surface area contributed by atoms with Crippen molar-refractivity contribution in [3.8, 4) is 11.8 Å². The van der Waals surface area contributed by atoms with Gasteiger partial charge in [-0.25, -0.2) is 0 Å². The minimum atomic E-state index is 0.739. The Morgan fingerprint density at radius 2 is 1.71 bits per heavy atom. The van der Waals surface area contributed by atoms with Gasteiger partial charge in [0.15, 0.2) is 0 Å². The SMILES string of the molecule is CCCCCCc1c[c]cc(C#Cc2ccc(Cl)cc2)c1. The van der Waals surface area contributed by atoms with Crippen LogP contribution in [-0.2, 0) is 6.42 Å². The molecule has 0 saturated carbocycles. The Kier molecular flexibility index (Phi) is 6.38. The molecule has 0 fully saturated rings. The standard InChI is InChI=1S/C20H20Cl/c1-2-3-4-5-7-18-8-6-9-19(16-18)11-10-17-12-14-20(21)15-13-17/h8-9,12-16H,2-5,7H2,1H3. The molecule has 0 aromatic heterocycles. The highest BCUT2D eigenvalue weighted by atomic mass is 35.5. The summed E-state index contributed by atoms with van der Waals surface area (Å²) in [5.41, 5.74) is 3.33. The Bertz CT molecular complexity index is 614. The Labute approximate surface area is 133 Å². The summed E-state index contributed by atoms with van der Waals surface area (Å²) >= 11 is 5.87. The van der Waals surface area contributed by atoms with Gasteiger partial charge in [0.25, 0.3) is 0 Å². The van der Waals surface area contributed by atoms with Gasteiger partial charge in [0.2, 0.25) is 0 Å². The van der Waals surface area contributed by atoms with Crippen molar-refractivity contribution in [2.75, 3.05) is 0 Å². The van der Waals surface area contributed by atoms with E-state index in [9.17, 15) is 0 Å². The summed E-state index contributed by atoms with van der Waals surface area (Å²) in [6.45, 7) is 2.24. The molecule has 0 spiro atoms. The van der Waals surface area contributed by atoms with E-state index in [0.29, 0.717) is 0 Å². The van der Waals surface area contributed by atoms with E-state index >= 15 is 0 Å². The highest BCUT2D eigenvalue weighted by Gasteiger charge is 1.95. The van der Waals surface area contributed by atoms with Crippen molar-refractivity contribution < 1.29 is 0 Å². The van der Waals surface area contributed by atoms with Crippen LogP contribution in [0.1, 0.15) is 49.3 Å². The smallest absolute Gasteiger partial charge is 0.0406 e. The van der Waals surface area contributed by atoms with Crippen molar-refractivity contribution >= 4 is 11.6 Å².